The summed E-state index contributed by atoms with van der Waals surface area (Å²) in [7, 11) is -5.84. The van der Waals surface area contributed by atoms with Gasteiger partial charge in [0, 0.05) is 12.4 Å². The summed E-state index contributed by atoms with van der Waals surface area (Å²) in [6.07, 6.45) is 10.4. The van der Waals surface area contributed by atoms with Gasteiger partial charge < -0.3 is 4.57 Å². The molecule has 0 saturated carbocycles. The molecule has 1 heterocycles. The normalized spacial score (nSPS) is 13.2. The van der Waals surface area contributed by atoms with E-state index in [1.807, 2.05) is 17.7 Å². The Morgan fingerprint density at radius 2 is 2.00 bits per heavy atom. The van der Waals surface area contributed by atoms with Gasteiger partial charge in [0.1, 0.15) is 0 Å². The van der Waals surface area contributed by atoms with Crippen molar-refractivity contribution in [3.63, 3.8) is 0 Å². The second kappa shape index (κ2) is 5.70. The number of hydrogen-bond acceptors (Lipinski definition) is 3. The van der Waals surface area contributed by atoms with Crippen LogP contribution in [0, 0.1) is 12.3 Å². The van der Waals surface area contributed by atoms with Gasteiger partial charge in [0.15, 0.2) is 0 Å². The zero-order chi connectivity index (χ0) is 13.7. The highest BCUT2D eigenvalue weighted by Gasteiger charge is 2.44. The van der Waals surface area contributed by atoms with Crippen molar-refractivity contribution in [2.45, 2.75) is 18.5 Å². The maximum atomic E-state index is 10.7. The van der Waals surface area contributed by atoms with Crippen molar-refractivity contribution in [1.82, 2.24) is 9.55 Å². The van der Waals surface area contributed by atoms with Crippen LogP contribution in [0.15, 0.2) is 18.7 Å². The highest BCUT2D eigenvalue weighted by Crippen LogP contribution is 2.20. The molecule has 0 spiro atoms. The fourth-order valence-electron chi connectivity index (χ4n) is 0.585. The Bertz CT molecular complexity index is 473. The summed E-state index contributed by atoms with van der Waals surface area (Å²) in [5.74, 6) is 2.59. The minimum Gasteiger partial charge on any atom is -0.323 e. The smallest absolute Gasteiger partial charge is 0.323 e. The molecule has 0 amide bonds. The minimum atomic E-state index is -5.84. The Morgan fingerprint density at radius 3 is 2.24 bits per heavy atom. The van der Waals surface area contributed by atoms with Gasteiger partial charge in [0.05, 0.1) is 12.4 Å². The first kappa shape index (κ1) is 15.5. The van der Waals surface area contributed by atoms with E-state index in [1.165, 1.54) is 0 Å². The maximum absolute atomic E-state index is 10.7. The number of imidazole rings is 1. The molecule has 0 aliphatic heterocycles. The quantitative estimate of drug-likeness (QED) is 0.476. The molecule has 0 fully saturated rings. The first-order valence-corrected chi connectivity index (χ1v) is 5.51. The van der Waals surface area contributed by atoms with E-state index in [9.17, 15) is 13.2 Å². The predicted octanol–water partition coefficient (Wildman–Crippen LogP) is 1.47. The number of aromatic nitrogens is 2. The average Bonchev–Trinajstić information content (AvgIpc) is 2.67. The van der Waals surface area contributed by atoms with Crippen LogP contribution in [0.2, 0.25) is 0 Å². The SMILES string of the molecule is C#CC(C)n1ccnc1.O=S(=O)(O)C(F)(F)F. The van der Waals surface area contributed by atoms with Crippen LogP contribution >= 0.6 is 0 Å². The van der Waals surface area contributed by atoms with Crippen LogP contribution in [0.25, 0.3) is 0 Å². The monoisotopic (exact) mass is 270 g/mol. The fourth-order valence-corrected chi connectivity index (χ4v) is 0.585. The molecular weight excluding hydrogens is 261 g/mol. The van der Waals surface area contributed by atoms with E-state index in [1.54, 1.807) is 12.5 Å². The van der Waals surface area contributed by atoms with Crippen LogP contribution < -0.4 is 0 Å². The molecule has 17 heavy (non-hydrogen) atoms. The zero-order valence-corrected chi connectivity index (χ0v) is 9.40. The van der Waals surface area contributed by atoms with Gasteiger partial charge in [-0.15, -0.1) is 6.42 Å². The first-order chi connectivity index (χ1) is 7.59. The zero-order valence-electron chi connectivity index (χ0n) is 8.59. The Kier molecular flexibility index (Phi) is 5.18. The lowest BCUT2D eigenvalue weighted by Crippen LogP contribution is -2.21. The third kappa shape index (κ3) is 5.37. The van der Waals surface area contributed by atoms with Gasteiger partial charge in [0.25, 0.3) is 0 Å². The summed E-state index contributed by atoms with van der Waals surface area (Å²) in [6.45, 7) is 1.95. The summed E-state index contributed by atoms with van der Waals surface area (Å²) in [4.78, 5) is 3.86. The van der Waals surface area contributed by atoms with E-state index in [-0.39, 0.29) is 6.04 Å². The van der Waals surface area contributed by atoms with Crippen molar-refractivity contribution < 1.29 is 26.1 Å². The van der Waals surface area contributed by atoms with E-state index in [4.69, 9.17) is 19.4 Å². The van der Waals surface area contributed by atoms with Crippen molar-refractivity contribution >= 4 is 10.1 Å². The third-order valence-corrected chi connectivity index (χ3v) is 2.09. The summed E-state index contributed by atoms with van der Waals surface area (Å²) in [5.41, 5.74) is -5.53. The van der Waals surface area contributed by atoms with Crippen LogP contribution in [0.5, 0.6) is 0 Å². The lowest BCUT2D eigenvalue weighted by Gasteiger charge is -2.02. The minimum absolute atomic E-state index is 0.118. The fraction of sp³-hybridized carbons (Fsp3) is 0.375. The van der Waals surface area contributed by atoms with Crippen LogP contribution in [0.1, 0.15) is 13.0 Å². The molecule has 0 aliphatic carbocycles. The number of alkyl halides is 3. The van der Waals surface area contributed by atoms with Crippen LogP contribution in [-0.2, 0) is 10.1 Å². The lowest BCUT2D eigenvalue weighted by atomic mass is 10.4. The summed E-state index contributed by atoms with van der Waals surface area (Å²) in [5, 5.41) is 0. The van der Waals surface area contributed by atoms with Gasteiger partial charge in [0.2, 0.25) is 0 Å². The largest absolute Gasteiger partial charge is 0.522 e. The topological polar surface area (TPSA) is 72.2 Å². The van der Waals surface area contributed by atoms with Gasteiger partial charge in [-0.1, -0.05) is 5.92 Å². The molecule has 1 rings (SSSR count). The molecule has 1 N–H and O–H groups in total. The maximum Gasteiger partial charge on any atom is 0.522 e. The molecular formula is C8H9F3N2O3S. The van der Waals surface area contributed by atoms with E-state index in [0.29, 0.717) is 0 Å². The van der Waals surface area contributed by atoms with Gasteiger partial charge in [-0.2, -0.15) is 21.6 Å². The molecule has 1 aromatic rings. The predicted molar refractivity (Wildman–Crippen MR) is 53.4 cm³/mol. The number of terminal acetylenes is 1. The molecule has 1 unspecified atom stereocenters. The van der Waals surface area contributed by atoms with E-state index in [2.05, 4.69) is 10.9 Å². The first-order valence-electron chi connectivity index (χ1n) is 4.07. The molecule has 1 aromatic heterocycles. The van der Waals surface area contributed by atoms with Crippen molar-refractivity contribution in [3.05, 3.63) is 18.7 Å². The van der Waals surface area contributed by atoms with E-state index < -0.39 is 15.6 Å². The Balaban J connectivity index is 0.000000304. The van der Waals surface area contributed by atoms with Gasteiger partial charge in [-0.25, -0.2) is 4.98 Å². The molecule has 0 aliphatic rings. The summed E-state index contributed by atoms with van der Waals surface area (Å²) in [6, 6.07) is 0.118. The molecule has 0 aromatic carbocycles. The van der Waals surface area contributed by atoms with Crippen LogP contribution in [-0.4, -0.2) is 28.0 Å². The van der Waals surface area contributed by atoms with Crippen LogP contribution in [0.4, 0.5) is 13.2 Å². The molecule has 1 atom stereocenters. The second-order valence-electron chi connectivity index (χ2n) is 2.77. The molecule has 0 radical (unpaired) electrons. The second-order valence-corrected chi connectivity index (χ2v) is 4.19. The Morgan fingerprint density at radius 1 is 1.53 bits per heavy atom. The summed E-state index contributed by atoms with van der Waals surface area (Å²) < 4.78 is 59.4. The highest BCUT2D eigenvalue weighted by molar-refractivity contribution is 7.86. The van der Waals surface area contributed by atoms with Crippen LogP contribution in [0.3, 0.4) is 0 Å². The Hall–Kier alpha value is -1.53. The molecule has 0 saturated heterocycles. The highest BCUT2D eigenvalue weighted by atomic mass is 32.2. The number of nitrogens with zero attached hydrogens (tertiary/aromatic N) is 2. The number of halogens is 3. The number of rotatable bonds is 1. The molecule has 5 nitrogen and oxygen atoms in total. The lowest BCUT2D eigenvalue weighted by molar-refractivity contribution is -0.0510. The van der Waals surface area contributed by atoms with Gasteiger partial charge in [-0.05, 0) is 6.92 Å². The molecule has 9 heteroatoms. The summed E-state index contributed by atoms with van der Waals surface area (Å²) >= 11 is 0. The number of hydrogen-bond donors (Lipinski definition) is 1. The van der Waals surface area contributed by atoms with E-state index in [0.717, 1.165) is 0 Å². The van der Waals surface area contributed by atoms with Crippen molar-refractivity contribution in [2.75, 3.05) is 0 Å². The Labute approximate surface area is 96.0 Å². The van der Waals surface area contributed by atoms with Gasteiger partial charge in [-0.3, -0.25) is 4.55 Å². The van der Waals surface area contributed by atoms with Crippen molar-refractivity contribution in [1.29, 1.82) is 0 Å². The third-order valence-electron chi connectivity index (χ3n) is 1.51. The van der Waals surface area contributed by atoms with Gasteiger partial charge >= 0.3 is 15.6 Å². The molecule has 0 bridgehead atoms. The standard InChI is InChI=1S/C7H8N2.CHF3O3S/c1-3-7(2)9-5-4-8-6-9;2-1(3,4)8(5,6)7/h1,4-7H,2H3;(H,5,6,7). The van der Waals surface area contributed by atoms with E-state index >= 15 is 0 Å². The average molecular weight is 270 g/mol. The van der Waals surface area contributed by atoms with Crippen molar-refractivity contribution in [3.8, 4) is 12.3 Å². The molecule has 96 valence electrons. The van der Waals surface area contributed by atoms with Crippen molar-refractivity contribution in [2.24, 2.45) is 0 Å².